The van der Waals surface area contributed by atoms with Crippen molar-refractivity contribution in [2.75, 3.05) is 5.32 Å². The molecule has 0 saturated carbocycles. The van der Waals surface area contributed by atoms with Crippen molar-refractivity contribution < 1.29 is 18.0 Å². The molecule has 3 aromatic rings. The number of halogens is 3. The van der Waals surface area contributed by atoms with E-state index in [2.05, 4.69) is 20.4 Å². The molecule has 3 heterocycles. The van der Waals surface area contributed by atoms with Crippen molar-refractivity contribution in [2.24, 2.45) is 0 Å². The number of fused-ring (bicyclic) bond motifs is 2. The summed E-state index contributed by atoms with van der Waals surface area (Å²) in [4.78, 5) is 20.9. The zero-order valence-electron chi connectivity index (χ0n) is 13.7. The molecule has 6 nitrogen and oxygen atoms in total. The summed E-state index contributed by atoms with van der Waals surface area (Å²) in [7, 11) is 0. The van der Waals surface area contributed by atoms with Crippen LogP contribution in [0.25, 0.3) is 11.0 Å². The van der Waals surface area contributed by atoms with Crippen LogP contribution in [0.15, 0.2) is 30.7 Å². The summed E-state index contributed by atoms with van der Waals surface area (Å²) in [5.74, 6) is -1.35. The van der Waals surface area contributed by atoms with Crippen LogP contribution in [0, 0.1) is 0 Å². The van der Waals surface area contributed by atoms with Gasteiger partial charge in [-0.1, -0.05) is 6.92 Å². The molecule has 0 radical (unpaired) electrons. The second-order valence-corrected chi connectivity index (χ2v) is 6.09. The highest BCUT2D eigenvalue weighted by Gasteiger charge is 2.38. The molecule has 26 heavy (non-hydrogen) atoms. The average Bonchev–Trinajstić information content (AvgIpc) is 3.14. The number of anilines is 1. The van der Waals surface area contributed by atoms with Crippen LogP contribution >= 0.6 is 0 Å². The molecule has 0 spiro atoms. The molecule has 1 aliphatic heterocycles. The van der Waals surface area contributed by atoms with Gasteiger partial charge in [0, 0.05) is 12.2 Å². The highest BCUT2D eigenvalue weighted by Crippen LogP contribution is 2.41. The van der Waals surface area contributed by atoms with E-state index < -0.39 is 23.6 Å². The molecule has 4 rings (SSSR count). The fourth-order valence-electron chi connectivity index (χ4n) is 3.23. The predicted octanol–water partition coefficient (Wildman–Crippen LogP) is 3.34. The first-order valence-electron chi connectivity index (χ1n) is 8.08. The first-order chi connectivity index (χ1) is 12.4. The number of nitrogens with zero attached hydrogens (tertiary/aromatic N) is 4. The third-order valence-electron chi connectivity index (χ3n) is 4.38. The number of benzene rings is 1. The number of rotatable bonds is 3. The second-order valence-electron chi connectivity index (χ2n) is 6.09. The van der Waals surface area contributed by atoms with E-state index in [4.69, 9.17) is 0 Å². The Bertz CT molecular complexity index is 1010. The van der Waals surface area contributed by atoms with Gasteiger partial charge in [0.05, 0.1) is 22.8 Å². The van der Waals surface area contributed by atoms with Crippen LogP contribution in [0.3, 0.4) is 0 Å². The maximum Gasteiger partial charge on any atom is 0.416 e. The molecule has 0 aliphatic carbocycles. The van der Waals surface area contributed by atoms with Crippen LogP contribution in [0.5, 0.6) is 0 Å². The predicted molar refractivity (Wildman–Crippen MR) is 87.5 cm³/mol. The first-order valence-corrected chi connectivity index (χ1v) is 8.08. The molecule has 1 unspecified atom stereocenters. The van der Waals surface area contributed by atoms with E-state index in [0.717, 1.165) is 18.6 Å². The Labute approximate surface area is 146 Å². The number of hydrogen-bond acceptors (Lipinski definition) is 4. The monoisotopic (exact) mass is 361 g/mol. The lowest BCUT2D eigenvalue weighted by Crippen LogP contribution is -2.15. The van der Waals surface area contributed by atoms with E-state index in [1.54, 1.807) is 10.9 Å². The molecule has 1 atom stereocenters. The standard InChI is InChI=1S/C17H14F3N5O/c1-2-5-25-15-11(7-23-25)14(21-8-22-15)13-10-6-9(17(18,19)20)3-4-12(10)24-16(13)26/h3-4,6-8,13H,2,5H2,1H3,(H,24,26). The third kappa shape index (κ3) is 2.51. The van der Waals surface area contributed by atoms with Gasteiger partial charge >= 0.3 is 6.18 Å². The Hall–Kier alpha value is -2.97. The molecule has 1 N–H and O–H groups in total. The molecule has 0 bridgehead atoms. The van der Waals surface area contributed by atoms with Gasteiger partial charge < -0.3 is 5.32 Å². The van der Waals surface area contributed by atoms with Crippen LogP contribution < -0.4 is 5.32 Å². The summed E-state index contributed by atoms with van der Waals surface area (Å²) in [5.41, 5.74) is 0.733. The second kappa shape index (κ2) is 5.79. The number of amides is 1. The van der Waals surface area contributed by atoms with Crippen molar-refractivity contribution in [1.29, 1.82) is 0 Å². The number of nitrogens with one attached hydrogen (secondary N) is 1. The van der Waals surface area contributed by atoms with Gasteiger partial charge in [-0.3, -0.25) is 4.79 Å². The Morgan fingerprint density at radius 3 is 2.81 bits per heavy atom. The summed E-state index contributed by atoms with van der Waals surface area (Å²) in [6, 6.07) is 3.23. The molecule has 1 amide bonds. The Morgan fingerprint density at radius 2 is 2.08 bits per heavy atom. The number of aromatic nitrogens is 4. The number of carbonyl (C=O) groups is 1. The molecule has 134 valence electrons. The topological polar surface area (TPSA) is 72.7 Å². The van der Waals surface area contributed by atoms with Gasteiger partial charge in [0.25, 0.3) is 0 Å². The van der Waals surface area contributed by atoms with Crippen molar-refractivity contribution in [2.45, 2.75) is 32.0 Å². The van der Waals surface area contributed by atoms with Crippen molar-refractivity contribution in [1.82, 2.24) is 19.7 Å². The Kier molecular flexibility index (Phi) is 3.67. The normalized spacial score (nSPS) is 16.8. The van der Waals surface area contributed by atoms with Gasteiger partial charge in [-0.05, 0) is 30.2 Å². The minimum absolute atomic E-state index is 0.257. The van der Waals surface area contributed by atoms with Gasteiger partial charge in [-0.15, -0.1) is 0 Å². The molecule has 0 fully saturated rings. The quantitative estimate of drug-likeness (QED) is 0.777. The number of aryl methyl sites for hydroxylation is 1. The van der Waals surface area contributed by atoms with Gasteiger partial charge in [-0.2, -0.15) is 18.3 Å². The lowest BCUT2D eigenvalue weighted by Gasteiger charge is -2.12. The molecule has 1 aliphatic rings. The van der Waals surface area contributed by atoms with E-state index in [0.29, 0.717) is 29.0 Å². The molecular weight excluding hydrogens is 347 g/mol. The van der Waals surface area contributed by atoms with Gasteiger partial charge in [0.2, 0.25) is 5.91 Å². The SMILES string of the molecule is CCCn1ncc2c(C3C(=O)Nc4ccc(C(F)(F)F)cc43)ncnc21. The van der Waals surface area contributed by atoms with Crippen molar-refractivity contribution in [3.8, 4) is 0 Å². The largest absolute Gasteiger partial charge is 0.416 e. The lowest BCUT2D eigenvalue weighted by atomic mass is 9.94. The summed E-state index contributed by atoms with van der Waals surface area (Å²) < 4.78 is 40.9. The smallest absolute Gasteiger partial charge is 0.325 e. The summed E-state index contributed by atoms with van der Waals surface area (Å²) in [5, 5.41) is 7.45. The van der Waals surface area contributed by atoms with E-state index in [1.165, 1.54) is 12.4 Å². The summed E-state index contributed by atoms with van der Waals surface area (Å²) in [6.07, 6.45) is -0.778. The van der Waals surface area contributed by atoms with E-state index >= 15 is 0 Å². The van der Waals surface area contributed by atoms with Crippen molar-refractivity contribution in [3.63, 3.8) is 0 Å². The van der Waals surface area contributed by atoms with Crippen LogP contribution in [0.2, 0.25) is 0 Å². The van der Waals surface area contributed by atoms with E-state index in [-0.39, 0.29) is 5.56 Å². The zero-order chi connectivity index (χ0) is 18.5. The van der Waals surface area contributed by atoms with Crippen LogP contribution in [0.4, 0.5) is 18.9 Å². The number of alkyl halides is 3. The average molecular weight is 361 g/mol. The first kappa shape index (κ1) is 16.5. The number of carbonyl (C=O) groups excluding carboxylic acids is 1. The zero-order valence-corrected chi connectivity index (χ0v) is 13.7. The molecule has 2 aromatic heterocycles. The summed E-state index contributed by atoms with van der Waals surface area (Å²) >= 11 is 0. The minimum Gasteiger partial charge on any atom is -0.325 e. The maximum atomic E-state index is 13.1. The molecule has 9 heteroatoms. The van der Waals surface area contributed by atoms with Crippen LogP contribution in [0.1, 0.15) is 36.1 Å². The van der Waals surface area contributed by atoms with Crippen LogP contribution in [-0.2, 0) is 17.5 Å². The van der Waals surface area contributed by atoms with Gasteiger partial charge in [0.15, 0.2) is 5.65 Å². The third-order valence-corrected chi connectivity index (χ3v) is 4.38. The van der Waals surface area contributed by atoms with E-state index in [1.807, 2.05) is 6.92 Å². The lowest BCUT2D eigenvalue weighted by molar-refractivity contribution is -0.137. The Morgan fingerprint density at radius 1 is 1.27 bits per heavy atom. The van der Waals surface area contributed by atoms with Crippen molar-refractivity contribution in [3.05, 3.63) is 47.5 Å². The van der Waals surface area contributed by atoms with Crippen LogP contribution in [-0.4, -0.2) is 25.7 Å². The van der Waals surface area contributed by atoms with Gasteiger partial charge in [-0.25, -0.2) is 14.6 Å². The number of hydrogen-bond donors (Lipinski definition) is 1. The molecular formula is C17H14F3N5O. The summed E-state index contributed by atoms with van der Waals surface area (Å²) in [6.45, 7) is 2.64. The Balaban J connectivity index is 1.88. The van der Waals surface area contributed by atoms with E-state index in [9.17, 15) is 18.0 Å². The molecule has 1 aromatic carbocycles. The fraction of sp³-hybridized carbons (Fsp3) is 0.294. The molecule has 0 saturated heterocycles. The highest BCUT2D eigenvalue weighted by atomic mass is 19.4. The van der Waals surface area contributed by atoms with Gasteiger partial charge in [0.1, 0.15) is 12.2 Å². The minimum atomic E-state index is -4.49. The fourth-order valence-corrected chi connectivity index (χ4v) is 3.23. The highest BCUT2D eigenvalue weighted by molar-refractivity contribution is 6.06. The maximum absolute atomic E-state index is 13.1. The van der Waals surface area contributed by atoms with Crippen molar-refractivity contribution >= 4 is 22.6 Å².